The van der Waals surface area contributed by atoms with Crippen LogP contribution >= 0.6 is 0 Å². The first-order valence-electron chi connectivity index (χ1n) is 8.33. The topological polar surface area (TPSA) is 56.5 Å². The van der Waals surface area contributed by atoms with Crippen LogP contribution in [0.3, 0.4) is 0 Å². The summed E-state index contributed by atoms with van der Waals surface area (Å²) in [4.78, 5) is 24.3. The first kappa shape index (κ1) is 16.2. The SMILES string of the molecule is CCCCCCOC(=O)c1cc2c(ccc3ccccc32)oc1=O. The van der Waals surface area contributed by atoms with Crippen molar-refractivity contribution in [2.75, 3.05) is 6.61 Å². The van der Waals surface area contributed by atoms with E-state index in [2.05, 4.69) is 6.92 Å². The number of ether oxygens (including phenoxy) is 1. The van der Waals surface area contributed by atoms with Crippen LogP contribution in [0.15, 0.2) is 51.7 Å². The van der Waals surface area contributed by atoms with E-state index in [9.17, 15) is 9.59 Å². The number of hydrogen-bond donors (Lipinski definition) is 0. The van der Waals surface area contributed by atoms with Gasteiger partial charge in [-0.25, -0.2) is 9.59 Å². The fourth-order valence-electron chi connectivity index (χ4n) is 2.79. The van der Waals surface area contributed by atoms with Crippen molar-refractivity contribution in [3.8, 4) is 0 Å². The van der Waals surface area contributed by atoms with Crippen LogP contribution in [-0.2, 0) is 4.74 Å². The number of benzene rings is 2. The Kier molecular flexibility index (Phi) is 4.94. The lowest BCUT2D eigenvalue weighted by molar-refractivity contribution is 0.0493. The van der Waals surface area contributed by atoms with Crippen LogP contribution in [0.4, 0.5) is 0 Å². The molecule has 4 heteroatoms. The van der Waals surface area contributed by atoms with Gasteiger partial charge >= 0.3 is 11.6 Å². The first-order valence-corrected chi connectivity index (χ1v) is 8.33. The minimum Gasteiger partial charge on any atom is -0.462 e. The highest BCUT2D eigenvalue weighted by atomic mass is 16.5. The second-order valence-electron chi connectivity index (χ2n) is 5.84. The van der Waals surface area contributed by atoms with E-state index in [1.165, 1.54) is 0 Å². The van der Waals surface area contributed by atoms with Crippen molar-refractivity contribution in [3.63, 3.8) is 0 Å². The molecule has 0 aliphatic rings. The lowest BCUT2D eigenvalue weighted by atomic mass is 10.0. The van der Waals surface area contributed by atoms with Crippen molar-refractivity contribution in [1.29, 1.82) is 0 Å². The summed E-state index contributed by atoms with van der Waals surface area (Å²) in [7, 11) is 0. The Morgan fingerprint density at radius 1 is 1.04 bits per heavy atom. The van der Waals surface area contributed by atoms with Crippen LogP contribution in [0, 0.1) is 0 Å². The van der Waals surface area contributed by atoms with Gasteiger partial charge in [0.15, 0.2) is 0 Å². The van der Waals surface area contributed by atoms with E-state index in [1.54, 1.807) is 12.1 Å². The van der Waals surface area contributed by atoms with E-state index in [4.69, 9.17) is 9.15 Å². The molecule has 0 amide bonds. The largest absolute Gasteiger partial charge is 0.462 e. The highest BCUT2D eigenvalue weighted by Gasteiger charge is 2.16. The number of carbonyl (C=O) groups is 1. The highest BCUT2D eigenvalue weighted by Crippen LogP contribution is 2.25. The summed E-state index contributed by atoms with van der Waals surface area (Å²) in [5.41, 5.74) is -0.233. The third kappa shape index (κ3) is 3.32. The minimum atomic E-state index is -0.656. The summed E-state index contributed by atoms with van der Waals surface area (Å²) in [5.74, 6) is -0.616. The fourth-order valence-corrected chi connectivity index (χ4v) is 2.79. The molecular formula is C20H20O4. The molecule has 3 aromatic rings. The van der Waals surface area contributed by atoms with Crippen molar-refractivity contribution in [2.45, 2.75) is 32.6 Å². The molecule has 0 bridgehead atoms. The number of fused-ring (bicyclic) bond motifs is 3. The van der Waals surface area contributed by atoms with Crippen molar-refractivity contribution in [1.82, 2.24) is 0 Å². The van der Waals surface area contributed by atoms with Gasteiger partial charge in [0.05, 0.1) is 6.61 Å². The van der Waals surface area contributed by atoms with Gasteiger partial charge < -0.3 is 9.15 Å². The Labute approximate surface area is 140 Å². The monoisotopic (exact) mass is 324 g/mol. The van der Waals surface area contributed by atoms with Crippen LogP contribution in [-0.4, -0.2) is 12.6 Å². The molecule has 0 saturated carbocycles. The standard InChI is InChI=1S/C20H20O4/c1-2-3-4-7-12-23-19(21)17-13-16-15-9-6-5-8-14(15)10-11-18(16)24-20(17)22/h5-6,8-11,13H,2-4,7,12H2,1H3. The molecule has 24 heavy (non-hydrogen) atoms. The zero-order valence-corrected chi connectivity index (χ0v) is 13.7. The summed E-state index contributed by atoms with van der Waals surface area (Å²) in [6.45, 7) is 2.45. The third-order valence-corrected chi connectivity index (χ3v) is 4.09. The maximum atomic E-state index is 12.2. The summed E-state index contributed by atoms with van der Waals surface area (Å²) in [6, 6.07) is 13.0. The second-order valence-corrected chi connectivity index (χ2v) is 5.84. The predicted octanol–water partition coefficient (Wildman–Crippen LogP) is 4.68. The molecule has 0 aliphatic heterocycles. The zero-order chi connectivity index (χ0) is 16.9. The molecule has 4 nitrogen and oxygen atoms in total. The first-order chi connectivity index (χ1) is 11.7. The van der Waals surface area contributed by atoms with E-state index in [0.717, 1.165) is 41.8 Å². The van der Waals surface area contributed by atoms with Gasteiger partial charge in [-0.2, -0.15) is 0 Å². The lowest BCUT2D eigenvalue weighted by Gasteiger charge is -2.06. The van der Waals surface area contributed by atoms with E-state index >= 15 is 0 Å². The molecule has 0 aliphatic carbocycles. The number of rotatable bonds is 6. The molecule has 0 unspecified atom stereocenters. The molecule has 1 aromatic heterocycles. The molecular weight excluding hydrogens is 304 g/mol. The van der Waals surface area contributed by atoms with Gasteiger partial charge in [0, 0.05) is 5.39 Å². The van der Waals surface area contributed by atoms with Crippen molar-refractivity contribution in [3.05, 3.63) is 58.4 Å². The van der Waals surface area contributed by atoms with Crippen LogP contribution in [0.1, 0.15) is 43.0 Å². The summed E-state index contributed by atoms with van der Waals surface area (Å²) in [6.07, 6.45) is 4.05. The molecule has 0 radical (unpaired) electrons. The molecule has 0 saturated heterocycles. The van der Waals surface area contributed by atoms with Crippen molar-refractivity contribution in [2.24, 2.45) is 0 Å². The quantitative estimate of drug-likeness (QED) is 0.286. The summed E-state index contributed by atoms with van der Waals surface area (Å²) in [5, 5.41) is 2.71. The highest BCUT2D eigenvalue weighted by molar-refractivity contribution is 6.07. The molecule has 0 fully saturated rings. The van der Waals surface area contributed by atoms with Crippen molar-refractivity contribution >= 4 is 27.7 Å². The summed E-state index contributed by atoms with van der Waals surface area (Å²) >= 11 is 0. The normalized spacial score (nSPS) is 11.0. The number of carbonyl (C=O) groups excluding carboxylic acids is 1. The Morgan fingerprint density at radius 3 is 2.71 bits per heavy atom. The maximum absolute atomic E-state index is 12.2. The Balaban J connectivity index is 1.90. The lowest BCUT2D eigenvalue weighted by Crippen LogP contribution is -2.17. The minimum absolute atomic E-state index is 0.0469. The summed E-state index contributed by atoms with van der Waals surface area (Å²) < 4.78 is 10.5. The molecule has 0 N–H and O–H groups in total. The van der Waals surface area contributed by atoms with Crippen LogP contribution < -0.4 is 5.63 Å². The van der Waals surface area contributed by atoms with Gasteiger partial charge in [0.2, 0.25) is 0 Å². The van der Waals surface area contributed by atoms with E-state index in [1.807, 2.05) is 30.3 Å². The van der Waals surface area contributed by atoms with Gasteiger partial charge in [-0.05, 0) is 29.3 Å². The fraction of sp³-hybridized carbons (Fsp3) is 0.300. The zero-order valence-electron chi connectivity index (χ0n) is 13.7. The number of esters is 1. The molecule has 124 valence electrons. The van der Waals surface area contributed by atoms with E-state index in [0.29, 0.717) is 12.2 Å². The van der Waals surface area contributed by atoms with Crippen LogP contribution in [0.25, 0.3) is 21.7 Å². The third-order valence-electron chi connectivity index (χ3n) is 4.09. The smallest absolute Gasteiger partial charge is 0.351 e. The van der Waals surface area contributed by atoms with E-state index in [-0.39, 0.29) is 5.56 Å². The van der Waals surface area contributed by atoms with Gasteiger partial charge in [0.1, 0.15) is 11.1 Å². The Hall–Kier alpha value is -2.62. The van der Waals surface area contributed by atoms with Gasteiger partial charge in [0.25, 0.3) is 0 Å². The Bertz CT molecular complexity index is 924. The van der Waals surface area contributed by atoms with Gasteiger partial charge in [-0.15, -0.1) is 0 Å². The average Bonchev–Trinajstić information content (AvgIpc) is 2.60. The van der Waals surface area contributed by atoms with E-state index < -0.39 is 11.6 Å². The molecule has 0 spiro atoms. The maximum Gasteiger partial charge on any atom is 0.351 e. The van der Waals surface area contributed by atoms with Gasteiger partial charge in [-0.1, -0.05) is 56.5 Å². The molecule has 0 atom stereocenters. The Morgan fingerprint density at radius 2 is 1.88 bits per heavy atom. The van der Waals surface area contributed by atoms with Crippen LogP contribution in [0.2, 0.25) is 0 Å². The molecule has 2 aromatic carbocycles. The number of unbranched alkanes of at least 4 members (excludes halogenated alkanes) is 3. The molecule has 1 heterocycles. The number of hydrogen-bond acceptors (Lipinski definition) is 4. The predicted molar refractivity (Wildman–Crippen MR) is 94.4 cm³/mol. The average molecular weight is 324 g/mol. The van der Waals surface area contributed by atoms with Crippen LogP contribution in [0.5, 0.6) is 0 Å². The molecule has 3 rings (SSSR count). The van der Waals surface area contributed by atoms with Gasteiger partial charge in [-0.3, -0.25) is 0 Å². The second kappa shape index (κ2) is 7.30. The van der Waals surface area contributed by atoms with Crippen molar-refractivity contribution < 1.29 is 13.9 Å².